The molecule has 0 saturated carbocycles. The Hall–Kier alpha value is -4.70. The number of unbranched alkanes of at least 4 members (excludes halogenated alkanes) is 1. The average Bonchev–Trinajstić information content (AvgIpc) is 3.65. The second-order valence-electron chi connectivity index (χ2n) is 10.3. The van der Waals surface area contributed by atoms with E-state index in [0.29, 0.717) is 74.5 Å². The molecule has 2 amide bonds. The summed E-state index contributed by atoms with van der Waals surface area (Å²) in [5.74, 6) is 5.64. The van der Waals surface area contributed by atoms with E-state index in [2.05, 4.69) is 22.9 Å². The highest BCUT2D eigenvalue weighted by atomic mass is 19.1. The molecule has 5 rings (SSSR count). The predicted molar refractivity (Wildman–Crippen MR) is 151 cm³/mol. The van der Waals surface area contributed by atoms with Crippen LogP contribution in [0.5, 0.6) is 0 Å². The molecule has 2 unspecified atom stereocenters. The normalized spacial score (nSPS) is 19.6. The van der Waals surface area contributed by atoms with Crippen LogP contribution in [0.1, 0.15) is 43.7 Å². The number of Topliss-reactive ketones (excluding diaryl/α,β-unsaturated/α-hetero) is 1. The van der Waals surface area contributed by atoms with E-state index in [1.165, 1.54) is 17.9 Å². The molecule has 3 aliphatic rings. The number of carbonyl (C=O) groups is 3. The largest absolute Gasteiger partial charge is 0.444 e. The zero-order valence-corrected chi connectivity index (χ0v) is 22.8. The first-order chi connectivity index (χ1) is 19.8. The molecular weight excluding hydrogens is 525 g/mol. The fraction of sp³-hybridized carbons (Fsp3) is 0.387. The SMILES string of the molecule is CC(=O)C1=NC1CC1CN(c2ccc(N3CCN(C(=O)CCCC#Cc4cccc(C#N)c4)CC3)c(F)c2)C(=O)O1. The Kier molecular flexibility index (Phi) is 8.30. The molecule has 2 aromatic carbocycles. The maximum absolute atomic E-state index is 15.1. The number of nitrogens with zero attached hydrogens (tertiary/aromatic N) is 5. The van der Waals surface area contributed by atoms with Gasteiger partial charge in [-0.15, -0.1) is 0 Å². The van der Waals surface area contributed by atoms with Gasteiger partial charge in [-0.1, -0.05) is 17.9 Å². The third-order valence-corrected chi connectivity index (χ3v) is 7.40. The van der Waals surface area contributed by atoms with E-state index in [1.807, 2.05) is 11.0 Å². The van der Waals surface area contributed by atoms with Gasteiger partial charge in [0, 0.05) is 57.9 Å². The van der Waals surface area contributed by atoms with E-state index in [1.54, 1.807) is 35.2 Å². The van der Waals surface area contributed by atoms with Crippen molar-refractivity contribution in [2.75, 3.05) is 42.5 Å². The van der Waals surface area contributed by atoms with Crippen LogP contribution in [0.15, 0.2) is 47.5 Å². The number of hydrogen-bond acceptors (Lipinski definition) is 7. The molecule has 9 nitrogen and oxygen atoms in total. The van der Waals surface area contributed by atoms with Crippen molar-refractivity contribution in [3.05, 3.63) is 59.4 Å². The molecule has 210 valence electrons. The van der Waals surface area contributed by atoms with E-state index in [-0.39, 0.29) is 24.3 Å². The molecule has 0 bridgehead atoms. The predicted octanol–water partition coefficient (Wildman–Crippen LogP) is 3.70. The van der Waals surface area contributed by atoms with Crippen molar-refractivity contribution < 1.29 is 23.5 Å². The van der Waals surface area contributed by atoms with Crippen LogP contribution in [0.2, 0.25) is 0 Å². The number of aliphatic imine (C=N–C) groups is 1. The Morgan fingerprint density at radius 2 is 1.90 bits per heavy atom. The molecule has 2 atom stereocenters. The topological polar surface area (TPSA) is 106 Å². The van der Waals surface area contributed by atoms with Crippen molar-refractivity contribution in [3.63, 3.8) is 0 Å². The van der Waals surface area contributed by atoms with Crippen LogP contribution >= 0.6 is 0 Å². The van der Waals surface area contributed by atoms with Crippen LogP contribution in [-0.4, -0.2) is 73.3 Å². The molecule has 2 fully saturated rings. The van der Waals surface area contributed by atoms with Gasteiger partial charge < -0.3 is 14.5 Å². The zero-order valence-electron chi connectivity index (χ0n) is 22.8. The Labute approximate surface area is 238 Å². The first kappa shape index (κ1) is 27.9. The Morgan fingerprint density at radius 1 is 1.12 bits per heavy atom. The smallest absolute Gasteiger partial charge is 0.414 e. The summed E-state index contributed by atoms with van der Waals surface area (Å²) in [6.45, 7) is 3.74. The molecule has 2 aromatic rings. The number of ether oxygens (including phenoxy) is 1. The van der Waals surface area contributed by atoms with Gasteiger partial charge in [-0.25, -0.2) is 9.18 Å². The minimum atomic E-state index is -0.543. The molecule has 0 aliphatic carbocycles. The van der Waals surface area contributed by atoms with Gasteiger partial charge >= 0.3 is 6.09 Å². The van der Waals surface area contributed by atoms with Crippen LogP contribution < -0.4 is 9.80 Å². The fourth-order valence-corrected chi connectivity index (χ4v) is 5.16. The quantitative estimate of drug-likeness (QED) is 0.363. The van der Waals surface area contributed by atoms with Crippen LogP contribution in [0.25, 0.3) is 0 Å². The first-order valence-electron chi connectivity index (χ1n) is 13.7. The van der Waals surface area contributed by atoms with Gasteiger partial charge in [0.25, 0.3) is 0 Å². The molecular formula is C31H30FN5O4. The summed E-state index contributed by atoms with van der Waals surface area (Å²) in [4.78, 5) is 45.7. The highest BCUT2D eigenvalue weighted by Gasteiger charge is 2.40. The molecule has 41 heavy (non-hydrogen) atoms. The molecule has 2 saturated heterocycles. The van der Waals surface area contributed by atoms with Crippen molar-refractivity contribution in [3.8, 4) is 17.9 Å². The molecule has 0 N–H and O–H groups in total. The summed E-state index contributed by atoms with van der Waals surface area (Å²) in [7, 11) is 0. The minimum Gasteiger partial charge on any atom is -0.444 e. The third kappa shape index (κ3) is 6.72. The van der Waals surface area contributed by atoms with Crippen molar-refractivity contribution >= 4 is 34.9 Å². The van der Waals surface area contributed by atoms with E-state index in [9.17, 15) is 14.4 Å². The number of amides is 2. The van der Waals surface area contributed by atoms with Crippen LogP contribution in [0.3, 0.4) is 0 Å². The number of hydrogen-bond donors (Lipinski definition) is 0. The number of halogens is 1. The molecule has 0 spiro atoms. The van der Waals surface area contributed by atoms with Gasteiger partial charge in [-0.05, 0) is 42.8 Å². The average molecular weight is 556 g/mol. The van der Waals surface area contributed by atoms with Crippen LogP contribution in [0, 0.1) is 29.0 Å². The van der Waals surface area contributed by atoms with Gasteiger partial charge in [0.2, 0.25) is 5.91 Å². The van der Waals surface area contributed by atoms with E-state index < -0.39 is 18.0 Å². The van der Waals surface area contributed by atoms with E-state index in [0.717, 1.165) is 5.56 Å². The summed E-state index contributed by atoms with van der Waals surface area (Å²) in [5.41, 5.74) is 2.72. The number of ketones is 1. The molecule has 0 radical (unpaired) electrons. The fourth-order valence-electron chi connectivity index (χ4n) is 5.16. The number of carbonyl (C=O) groups excluding carboxylic acids is 3. The number of rotatable bonds is 8. The summed E-state index contributed by atoms with van der Waals surface area (Å²) < 4.78 is 20.6. The Morgan fingerprint density at radius 3 is 2.61 bits per heavy atom. The third-order valence-electron chi connectivity index (χ3n) is 7.40. The molecule has 0 aromatic heterocycles. The van der Waals surface area contributed by atoms with Crippen molar-refractivity contribution in [1.82, 2.24) is 4.90 Å². The lowest BCUT2D eigenvalue weighted by atomic mass is 10.1. The van der Waals surface area contributed by atoms with Crippen molar-refractivity contribution in [2.24, 2.45) is 4.99 Å². The summed E-state index contributed by atoms with van der Waals surface area (Å²) in [5, 5.41) is 8.97. The van der Waals surface area contributed by atoms with Gasteiger partial charge in [0.15, 0.2) is 5.78 Å². The van der Waals surface area contributed by atoms with Crippen LogP contribution in [-0.2, 0) is 14.3 Å². The Bertz CT molecular complexity index is 1500. The molecule has 10 heteroatoms. The minimum absolute atomic E-state index is 0.0582. The van der Waals surface area contributed by atoms with Crippen molar-refractivity contribution in [2.45, 2.75) is 44.8 Å². The highest BCUT2D eigenvalue weighted by Crippen LogP contribution is 2.31. The number of anilines is 2. The summed E-state index contributed by atoms with van der Waals surface area (Å²) in [6, 6.07) is 13.7. The first-order valence-corrected chi connectivity index (χ1v) is 13.7. The van der Waals surface area contributed by atoms with Crippen molar-refractivity contribution in [1.29, 1.82) is 5.26 Å². The maximum Gasteiger partial charge on any atom is 0.414 e. The highest BCUT2D eigenvalue weighted by molar-refractivity contribution is 6.46. The zero-order chi connectivity index (χ0) is 28.9. The second-order valence-corrected chi connectivity index (χ2v) is 10.3. The monoisotopic (exact) mass is 555 g/mol. The molecule has 3 aliphatic heterocycles. The van der Waals surface area contributed by atoms with E-state index >= 15 is 4.39 Å². The maximum atomic E-state index is 15.1. The lowest BCUT2D eigenvalue weighted by molar-refractivity contribution is -0.131. The molecule has 3 heterocycles. The number of nitriles is 1. The second kappa shape index (κ2) is 12.2. The standard InChI is InChI=1S/C31H30FN5O4/c1-21(38)30-27(34-30)18-25-20-37(31(40)41-25)24-10-11-28(26(32)17-24)35-12-14-36(15-13-35)29(39)9-4-2-3-6-22-7-5-8-23(16-22)19-33/h5,7-8,10-11,16-17,25,27H,2,4,9,12-15,18,20H2,1H3. The Balaban J connectivity index is 1.07. The summed E-state index contributed by atoms with van der Waals surface area (Å²) in [6.07, 6.45) is 1.12. The van der Waals surface area contributed by atoms with Gasteiger partial charge in [-0.2, -0.15) is 5.26 Å². The van der Waals surface area contributed by atoms with E-state index in [4.69, 9.17) is 10.00 Å². The van der Waals surface area contributed by atoms with Crippen LogP contribution in [0.4, 0.5) is 20.6 Å². The summed E-state index contributed by atoms with van der Waals surface area (Å²) >= 11 is 0. The lowest BCUT2D eigenvalue weighted by Crippen LogP contribution is -2.49. The lowest BCUT2D eigenvalue weighted by Gasteiger charge is -2.36. The number of benzene rings is 2. The number of piperazine rings is 1. The van der Waals surface area contributed by atoms with Gasteiger partial charge in [0.05, 0.1) is 35.6 Å². The van der Waals surface area contributed by atoms with Gasteiger partial charge in [0.1, 0.15) is 17.6 Å². The number of cyclic esters (lactones) is 1. The van der Waals surface area contributed by atoms with Gasteiger partial charge in [-0.3, -0.25) is 19.5 Å².